The summed E-state index contributed by atoms with van der Waals surface area (Å²) in [5.74, 6) is 3.55. The molecule has 0 radical (unpaired) electrons. The highest BCUT2D eigenvalue weighted by atomic mass is 28.3. The minimum Gasteiger partial charge on any atom is -0.381 e. The molecule has 0 unspecified atom stereocenters. The van der Waals surface area contributed by atoms with Crippen LogP contribution in [0.25, 0.3) is 0 Å². The van der Waals surface area contributed by atoms with Crippen molar-refractivity contribution in [2.75, 3.05) is 13.2 Å². The Hall–Kier alpha value is -0.263. The van der Waals surface area contributed by atoms with E-state index in [1.54, 1.807) is 0 Å². The highest BCUT2D eigenvalue weighted by molar-refractivity contribution is 6.86. The monoisotopic (exact) mass is 350 g/mol. The van der Waals surface area contributed by atoms with Gasteiger partial charge in [0, 0.05) is 19.6 Å². The molecule has 0 aromatic heterocycles. The summed E-state index contributed by atoms with van der Waals surface area (Å²) in [5.41, 5.74) is 4.71. The Kier molecular flexibility index (Phi) is 12.7. The lowest BCUT2D eigenvalue weighted by molar-refractivity contribution is 0.130. The summed E-state index contributed by atoms with van der Waals surface area (Å²) in [6.07, 6.45) is 19.0. The number of ether oxygens (including phenoxy) is 1. The van der Waals surface area contributed by atoms with Gasteiger partial charge >= 0.3 is 0 Å². The SMILES string of the molecule is CCCOCCCCCCCCCC#C[Si](C)(C)C1CCCCC1. The summed E-state index contributed by atoms with van der Waals surface area (Å²) in [4.78, 5) is 0. The van der Waals surface area contributed by atoms with Crippen LogP contribution in [-0.4, -0.2) is 21.3 Å². The molecule has 1 aliphatic carbocycles. The minimum absolute atomic E-state index is 0.932. The fourth-order valence-electron chi connectivity index (χ4n) is 3.76. The Labute approximate surface area is 153 Å². The second-order valence-electron chi connectivity index (χ2n) is 8.20. The van der Waals surface area contributed by atoms with Gasteiger partial charge < -0.3 is 4.74 Å². The Morgan fingerprint density at radius 3 is 2.12 bits per heavy atom. The summed E-state index contributed by atoms with van der Waals surface area (Å²) in [5, 5.41) is 0. The van der Waals surface area contributed by atoms with Crippen LogP contribution in [0.4, 0.5) is 0 Å². The summed E-state index contributed by atoms with van der Waals surface area (Å²) >= 11 is 0. The standard InChI is InChI=1S/C22H42OSi/c1-4-19-23-20-15-10-8-6-5-7-9-11-16-21-24(2,3)22-17-13-12-14-18-22/h22H,4-15,17-20H2,1-3H3. The zero-order valence-corrected chi connectivity index (χ0v) is 17.8. The van der Waals surface area contributed by atoms with E-state index in [9.17, 15) is 0 Å². The molecular weight excluding hydrogens is 308 g/mol. The second kappa shape index (κ2) is 14.0. The van der Waals surface area contributed by atoms with E-state index in [0.717, 1.165) is 31.6 Å². The van der Waals surface area contributed by atoms with Crippen molar-refractivity contribution < 1.29 is 4.74 Å². The summed E-state index contributed by atoms with van der Waals surface area (Å²) in [7, 11) is -1.28. The topological polar surface area (TPSA) is 9.23 Å². The summed E-state index contributed by atoms with van der Waals surface area (Å²) in [6.45, 7) is 9.06. The van der Waals surface area contributed by atoms with E-state index in [4.69, 9.17) is 4.74 Å². The molecule has 1 nitrogen and oxygen atoms in total. The van der Waals surface area contributed by atoms with Crippen molar-refractivity contribution in [3.05, 3.63) is 0 Å². The van der Waals surface area contributed by atoms with E-state index >= 15 is 0 Å². The van der Waals surface area contributed by atoms with Gasteiger partial charge in [-0.2, -0.15) is 0 Å². The molecule has 0 aromatic carbocycles. The molecular formula is C22H42OSi. The average Bonchev–Trinajstić information content (AvgIpc) is 2.60. The lowest BCUT2D eigenvalue weighted by Crippen LogP contribution is -2.32. The number of rotatable bonds is 12. The van der Waals surface area contributed by atoms with Gasteiger partial charge in [0.2, 0.25) is 0 Å². The van der Waals surface area contributed by atoms with Gasteiger partial charge in [0.1, 0.15) is 8.07 Å². The van der Waals surface area contributed by atoms with E-state index in [2.05, 4.69) is 31.5 Å². The molecule has 0 amide bonds. The van der Waals surface area contributed by atoms with Crippen molar-refractivity contribution in [1.29, 1.82) is 0 Å². The van der Waals surface area contributed by atoms with Crippen molar-refractivity contribution in [1.82, 2.24) is 0 Å². The fraction of sp³-hybridized carbons (Fsp3) is 0.909. The Balaban J connectivity index is 1.94. The Morgan fingerprint density at radius 1 is 0.833 bits per heavy atom. The maximum Gasteiger partial charge on any atom is 0.135 e. The molecule has 0 spiro atoms. The van der Waals surface area contributed by atoms with Crippen molar-refractivity contribution in [2.24, 2.45) is 0 Å². The van der Waals surface area contributed by atoms with Crippen LogP contribution in [0.1, 0.15) is 96.8 Å². The summed E-state index contributed by atoms with van der Waals surface area (Å²) < 4.78 is 5.51. The first-order valence-electron chi connectivity index (χ1n) is 10.7. The molecule has 140 valence electrons. The molecule has 1 aliphatic rings. The molecule has 0 atom stereocenters. The molecule has 1 saturated carbocycles. The van der Waals surface area contributed by atoms with E-state index in [0.29, 0.717) is 0 Å². The first kappa shape index (κ1) is 21.8. The van der Waals surface area contributed by atoms with Crippen LogP contribution in [0.15, 0.2) is 0 Å². The van der Waals surface area contributed by atoms with E-state index < -0.39 is 8.07 Å². The maximum atomic E-state index is 5.51. The lowest BCUT2D eigenvalue weighted by Gasteiger charge is -2.31. The highest BCUT2D eigenvalue weighted by Gasteiger charge is 2.31. The van der Waals surface area contributed by atoms with Crippen LogP contribution < -0.4 is 0 Å². The van der Waals surface area contributed by atoms with Crippen LogP contribution >= 0.6 is 0 Å². The molecule has 0 N–H and O–H groups in total. The molecule has 2 heteroatoms. The van der Waals surface area contributed by atoms with Crippen LogP contribution in [0.5, 0.6) is 0 Å². The normalized spacial score (nSPS) is 16.0. The third-order valence-electron chi connectivity index (χ3n) is 5.48. The molecule has 0 saturated heterocycles. The predicted molar refractivity (Wildman–Crippen MR) is 110 cm³/mol. The first-order valence-corrected chi connectivity index (χ1v) is 13.8. The highest BCUT2D eigenvalue weighted by Crippen LogP contribution is 2.36. The van der Waals surface area contributed by atoms with Crippen molar-refractivity contribution in [2.45, 2.75) is 115 Å². The van der Waals surface area contributed by atoms with Gasteiger partial charge in [-0.3, -0.25) is 0 Å². The molecule has 1 fully saturated rings. The Bertz CT molecular complexity index is 347. The van der Waals surface area contributed by atoms with Crippen LogP contribution in [0.2, 0.25) is 18.6 Å². The summed E-state index contributed by atoms with van der Waals surface area (Å²) in [6, 6.07) is 0. The number of hydrogen-bond acceptors (Lipinski definition) is 1. The maximum absolute atomic E-state index is 5.51. The van der Waals surface area contributed by atoms with Crippen molar-refractivity contribution in [3.63, 3.8) is 0 Å². The van der Waals surface area contributed by atoms with Crippen LogP contribution in [0, 0.1) is 11.5 Å². The molecule has 0 heterocycles. The number of hydrogen-bond donors (Lipinski definition) is 0. The van der Waals surface area contributed by atoms with Crippen molar-refractivity contribution in [3.8, 4) is 11.5 Å². The fourth-order valence-corrected chi connectivity index (χ4v) is 6.40. The van der Waals surface area contributed by atoms with Gasteiger partial charge in [0.25, 0.3) is 0 Å². The first-order chi connectivity index (χ1) is 11.7. The Morgan fingerprint density at radius 2 is 1.46 bits per heavy atom. The zero-order valence-electron chi connectivity index (χ0n) is 16.8. The largest absolute Gasteiger partial charge is 0.381 e. The third-order valence-corrected chi connectivity index (χ3v) is 8.91. The van der Waals surface area contributed by atoms with Gasteiger partial charge in [-0.1, -0.05) is 84.2 Å². The van der Waals surface area contributed by atoms with Crippen LogP contribution in [0.3, 0.4) is 0 Å². The smallest absolute Gasteiger partial charge is 0.135 e. The van der Waals surface area contributed by atoms with Gasteiger partial charge in [-0.05, 0) is 24.8 Å². The van der Waals surface area contributed by atoms with Gasteiger partial charge in [0.05, 0.1) is 0 Å². The van der Waals surface area contributed by atoms with Gasteiger partial charge in [0.15, 0.2) is 0 Å². The quantitative estimate of drug-likeness (QED) is 0.207. The molecule has 0 aromatic rings. The lowest BCUT2D eigenvalue weighted by atomic mass is 10.0. The molecule has 1 rings (SSSR count). The average molecular weight is 351 g/mol. The third kappa shape index (κ3) is 10.6. The predicted octanol–water partition coefficient (Wildman–Crippen LogP) is 7.12. The second-order valence-corrected chi connectivity index (χ2v) is 12.7. The molecule has 0 aliphatic heterocycles. The van der Waals surface area contributed by atoms with Gasteiger partial charge in [-0.15, -0.1) is 11.5 Å². The number of unbranched alkanes of at least 4 members (excludes halogenated alkanes) is 7. The molecule has 24 heavy (non-hydrogen) atoms. The van der Waals surface area contributed by atoms with E-state index in [1.807, 2.05) is 0 Å². The minimum atomic E-state index is -1.28. The van der Waals surface area contributed by atoms with E-state index in [-0.39, 0.29) is 0 Å². The molecule has 0 bridgehead atoms. The van der Waals surface area contributed by atoms with Gasteiger partial charge in [-0.25, -0.2) is 0 Å². The zero-order chi connectivity index (χ0) is 17.5. The van der Waals surface area contributed by atoms with E-state index in [1.165, 1.54) is 77.0 Å². The van der Waals surface area contributed by atoms with Crippen molar-refractivity contribution >= 4 is 8.07 Å². The van der Waals surface area contributed by atoms with Crippen LogP contribution in [-0.2, 0) is 4.74 Å².